The molecule has 4 nitrogen and oxygen atoms in total. The van der Waals surface area contributed by atoms with Crippen molar-refractivity contribution in [2.24, 2.45) is 0 Å². The van der Waals surface area contributed by atoms with Crippen LogP contribution in [-0.2, 0) is 15.9 Å². The molecule has 0 saturated carbocycles. The smallest absolute Gasteiger partial charge is 0.399 e. The van der Waals surface area contributed by atoms with Gasteiger partial charge in [-0.1, -0.05) is 30.3 Å². The van der Waals surface area contributed by atoms with Gasteiger partial charge in [0.15, 0.2) is 0 Å². The Morgan fingerprint density at radius 2 is 1.71 bits per heavy atom. The fourth-order valence-corrected chi connectivity index (χ4v) is 2.12. The molecule has 1 fully saturated rings. The predicted octanol–water partition coefficient (Wildman–Crippen LogP) is 1.91. The predicted molar refractivity (Wildman–Crippen MR) is 85.0 cm³/mol. The van der Waals surface area contributed by atoms with Gasteiger partial charge in [-0.3, -0.25) is 0 Å². The van der Waals surface area contributed by atoms with Crippen molar-refractivity contribution >= 4 is 13.3 Å². The molecule has 1 saturated heterocycles. The molecule has 1 aliphatic heterocycles. The second-order valence-electron chi connectivity index (χ2n) is 6.32. The first-order valence-corrected chi connectivity index (χ1v) is 7.29. The zero-order valence-corrected chi connectivity index (χ0v) is 13.2. The van der Waals surface area contributed by atoms with Crippen LogP contribution in [0, 0.1) is 5.41 Å². The van der Waals surface area contributed by atoms with Gasteiger partial charge in [0.1, 0.15) is 6.54 Å². The number of nitrogens with one attached hydrogen (secondary N) is 1. The van der Waals surface area contributed by atoms with Crippen LogP contribution in [0.3, 0.4) is 0 Å². The average molecular weight is 287 g/mol. The van der Waals surface area contributed by atoms with Crippen LogP contribution in [0.1, 0.15) is 33.3 Å². The summed E-state index contributed by atoms with van der Waals surface area (Å²) in [5.74, 6) is 0. The Bertz CT molecular complexity index is 510. The van der Waals surface area contributed by atoms with E-state index < -0.39 is 7.12 Å². The van der Waals surface area contributed by atoms with E-state index in [0.29, 0.717) is 0 Å². The molecule has 0 bridgehead atoms. The molecule has 0 spiro atoms. The minimum absolute atomic E-state index is 0.376. The van der Waals surface area contributed by atoms with Gasteiger partial charge in [-0.2, -0.15) is 0 Å². The minimum Gasteiger partial charge on any atom is -0.399 e. The van der Waals surface area contributed by atoms with Crippen molar-refractivity contribution in [3.05, 3.63) is 47.6 Å². The van der Waals surface area contributed by atoms with Gasteiger partial charge in [-0.05, 0) is 27.7 Å². The SMILES string of the molecule is CC1(C)OB(/C(C=N)=C/[NH2+]Cc2ccccc2)OC1(C)C. The lowest BCUT2D eigenvalue weighted by Gasteiger charge is -2.32. The minimum atomic E-state index is -0.473. The molecule has 1 aromatic carbocycles. The van der Waals surface area contributed by atoms with Crippen molar-refractivity contribution in [3.8, 4) is 0 Å². The lowest BCUT2D eigenvalue weighted by molar-refractivity contribution is -0.604. The van der Waals surface area contributed by atoms with Crippen LogP contribution in [0.25, 0.3) is 0 Å². The number of benzene rings is 1. The average Bonchev–Trinajstić information content (AvgIpc) is 2.64. The van der Waals surface area contributed by atoms with Crippen LogP contribution in [0.4, 0.5) is 0 Å². The Labute approximate surface area is 127 Å². The normalized spacial score (nSPS) is 20.6. The number of allylic oxidation sites excluding steroid dienone is 1. The van der Waals surface area contributed by atoms with Crippen LogP contribution >= 0.6 is 0 Å². The van der Waals surface area contributed by atoms with E-state index in [-0.39, 0.29) is 11.2 Å². The molecule has 1 aromatic rings. The number of rotatable bonds is 5. The second-order valence-corrected chi connectivity index (χ2v) is 6.32. The number of quaternary nitrogens is 1. The molecule has 112 valence electrons. The van der Waals surface area contributed by atoms with Crippen LogP contribution in [0.15, 0.2) is 42.0 Å². The Hall–Kier alpha value is -1.43. The topological polar surface area (TPSA) is 58.9 Å². The van der Waals surface area contributed by atoms with Gasteiger partial charge >= 0.3 is 7.12 Å². The molecular weight excluding hydrogens is 263 g/mol. The highest BCUT2D eigenvalue weighted by Gasteiger charge is 2.52. The first kappa shape index (κ1) is 16.0. The third kappa shape index (κ3) is 3.61. The summed E-state index contributed by atoms with van der Waals surface area (Å²) in [5, 5.41) is 9.64. The summed E-state index contributed by atoms with van der Waals surface area (Å²) in [4.78, 5) is 0. The molecule has 5 heteroatoms. The maximum absolute atomic E-state index is 7.59. The summed E-state index contributed by atoms with van der Waals surface area (Å²) in [6.07, 6.45) is 3.23. The Morgan fingerprint density at radius 1 is 1.14 bits per heavy atom. The van der Waals surface area contributed by atoms with E-state index in [1.165, 1.54) is 11.8 Å². The molecule has 2 rings (SSSR count). The number of nitrogens with two attached hydrogens (primary N) is 1. The highest BCUT2D eigenvalue weighted by Crippen LogP contribution is 2.37. The Kier molecular flexibility index (Phi) is 4.66. The third-order valence-electron chi connectivity index (χ3n) is 4.20. The quantitative estimate of drug-likeness (QED) is 0.642. The maximum atomic E-state index is 7.59. The molecule has 21 heavy (non-hydrogen) atoms. The molecule has 0 aliphatic carbocycles. The van der Waals surface area contributed by atoms with Gasteiger partial charge in [0, 0.05) is 11.8 Å². The molecule has 0 radical (unpaired) electrons. The monoisotopic (exact) mass is 287 g/mol. The van der Waals surface area contributed by atoms with Crippen molar-refractivity contribution in [2.45, 2.75) is 45.4 Å². The van der Waals surface area contributed by atoms with E-state index in [2.05, 4.69) is 12.1 Å². The second kappa shape index (κ2) is 6.14. The fraction of sp³-hybridized carbons (Fsp3) is 0.438. The van der Waals surface area contributed by atoms with Gasteiger partial charge in [0.05, 0.1) is 22.9 Å². The lowest BCUT2D eigenvalue weighted by Crippen LogP contribution is -2.76. The largest absolute Gasteiger partial charge is 0.501 e. The maximum Gasteiger partial charge on any atom is 0.501 e. The van der Waals surface area contributed by atoms with E-state index >= 15 is 0 Å². The number of hydrogen-bond donors (Lipinski definition) is 2. The summed E-state index contributed by atoms with van der Waals surface area (Å²) < 4.78 is 11.9. The summed E-state index contributed by atoms with van der Waals surface area (Å²) in [6.45, 7) is 8.90. The molecule has 1 heterocycles. The van der Waals surface area contributed by atoms with Crippen LogP contribution in [0.2, 0.25) is 0 Å². The van der Waals surface area contributed by atoms with E-state index in [0.717, 1.165) is 12.0 Å². The molecule has 1 aliphatic rings. The summed E-state index contributed by atoms with van der Waals surface area (Å²) >= 11 is 0. The van der Waals surface area contributed by atoms with E-state index in [1.54, 1.807) is 0 Å². The van der Waals surface area contributed by atoms with Crippen LogP contribution in [0.5, 0.6) is 0 Å². The van der Waals surface area contributed by atoms with E-state index in [1.807, 2.05) is 57.4 Å². The number of hydrogen-bond acceptors (Lipinski definition) is 3. The van der Waals surface area contributed by atoms with E-state index in [4.69, 9.17) is 14.7 Å². The van der Waals surface area contributed by atoms with Gasteiger partial charge in [-0.25, -0.2) is 0 Å². The summed E-state index contributed by atoms with van der Waals surface area (Å²) in [7, 11) is -0.473. The van der Waals surface area contributed by atoms with Crippen molar-refractivity contribution in [2.75, 3.05) is 0 Å². The zero-order valence-electron chi connectivity index (χ0n) is 13.2. The molecule has 0 amide bonds. The van der Waals surface area contributed by atoms with Crippen molar-refractivity contribution in [3.63, 3.8) is 0 Å². The molecule has 3 N–H and O–H groups in total. The molecule has 0 aromatic heterocycles. The Balaban J connectivity index is 2.00. The van der Waals surface area contributed by atoms with Gasteiger partial charge in [0.2, 0.25) is 0 Å². The molecule has 0 unspecified atom stereocenters. The summed E-state index contributed by atoms with van der Waals surface area (Å²) in [5.41, 5.74) is 1.23. The van der Waals surface area contributed by atoms with Gasteiger partial charge in [-0.15, -0.1) is 0 Å². The lowest BCUT2D eigenvalue weighted by atomic mass is 9.79. The third-order valence-corrected chi connectivity index (χ3v) is 4.20. The first-order valence-electron chi connectivity index (χ1n) is 7.29. The highest BCUT2D eigenvalue weighted by molar-refractivity contribution is 6.60. The zero-order chi connectivity index (χ0) is 15.5. The van der Waals surface area contributed by atoms with E-state index in [9.17, 15) is 0 Å². The Morgan fingerprint density at radius 3 is 2.24 bits per heavy atom. The van der Waals surface area contributed by atoms with Gasteiger partial charge in [0.25, 0.3) is 0 Å². The van der Waals surface area contributed by atoms with Crippen molar-refractivity contribution in [1.82, 2.24) is 0 Å². The molecule has 0 atom stereocenters. The van der Waals surface area contributed by atoms with Crippen molar-refractivity contribution < 1.29 is 14.6 Å². The summed E-state index contributed by atoms with van der Waals surface area (Å²) in [6, 6.07) is 10.2. The highest BCUT2D eigenvalue weighted by atomic mass is 16.7. The van der Waals surface area contributed by atoms with Crippen LogP contribution in [-0.4, -0.2) is 24.5 Å². The van der Waals surface area contributed by atoms with Crippen molar-refractivity contribution in [1.29, 1.82) is 5.41 Å². The van der Waals surface area contributed by atoms with Crippen LogP contribution < -0.4 is 5.32 Å². The van der Waals surface area contributed by atoms with Gasteiger partial charge < -0.3 is 20.0 Å². The standard InChI is InChI=1S/C16H23BN2O2/c1-15(2)16(3,4)21-17(20-15)14(10-18)12-19-11-13-8-6-5-7-9-13/h5-10,12,18-19H,11H2,1-4H3/p+1/b14-12+,18-10?. The fourth-order valence-electron chi connectivity index (χ4n) is 2.12. The first-order chi connectivity index (χ1) is 9.86. The molecular formula is C16H24BN2O2+.